The van der Waals surface area contributed by atoms with Gasteiger partial charge < -0.3 is 14.4 Å². The first-order valence-corrected chi connectivity index (χ1v) is 8.92. The van der Waals surface area contributed by atoms with E-state index in [0.717, 1.165) is 32.5 Å². The summed E-state index contributed by atoms with van der Waals surface area (Å²) < 4.78 is 20.8. The predicted molar refractivity (Wildman–Crippen MR) is 106 cm³/mol. The number of hydrogen-bond acceptors (Lipinski definition) is 5. The Kier molecular flexibility index (Phi) is 7.45. The molecule has 3 fully saturated rings. The van der Waals surface area contributed by atoms with Crippen LogP contribution in [-0.4, -0.2) is 57.9 Å². The van der Waals surface area contributed by atoms with Crippen molar-refractivity contribution in [2.75, 3.05) is 26.2 Å². The molecule has 0 spiro atoms. The number of carbonyl (C=O) groups is 1. The molecule has 3 aliphatic heterocycles. The molecule has 28 heavy (non-hydrogen) atoms. The summed E-state index contributed by atoms with van der Waals surface area (Å²) in [6.07, 6.45) is 6.47. The minimum atomic E-state index is -1.48. The van der Waals surface area contributed by atoms with Crippen molar-refractivity contribution in [1.29, 1.82) is 0 Å². The first kappa shape index (κ1) is 22.6. The number of rotatable bonds is 5. The van der Waals surface area contributed by atoms with Gasteiger partial charge in [-0.1, -0.05) is 12.1 Å². The molecule has 5 rings (SSSR count). The van der Waals surface area contributed by atoms with Gasteiger partial charge in [-0.3, -0.25) is 4.90 Å². The van der Waals surface area contributed by atoms with Crippen LogP contribution in [0.3, 0.4) is 0 Å². The standard InChI is InChI=1S/C19H22FN3O3.2ClH/c20-16-3-1-15(2-4-16)19(12-24,23-10-7-21-13-23)18(25)26-17-11-22-8-5-14(17)6-9-22;;/h1-4,7,10,13-14,17,24H,5-6,8-9,11-12H2;2*1H/t17-,19-;;/m0../s1. The number of fused-ring (bicyclic) bond motifs is 3. The number of piperidine rings is 3. The lowest BCUT2D eigenvalue weighted by molar-refractivity contribution is -0.169. The summed E-state index contributed by atoms with van der Waals surface area (Å²) in [5, 5.41) is 10.2. The van der Waals surface area contributed by atoms with Gasteiger partial charge in [0.2, 0.25) is 0 Å². The van der Waals surface area contributed by atoms with Crippen molar-refractivity contribution in [3.63, 3.8) is 0 Å². The SMILES string of the molecule is Cl.Cl.O=C(O[C@H]1CN2CCC1CC2)[C@](CO)(c1ccc(F)cc1)n1ccnc1. The molecule has 0 amide bonds. The first-order chi connectivity index (χ1) is 12.6. The van der Waals surface area contributed by atoms with Crippen LogP contribution < -0.4 is 0 Å². The Hall–Kier alpha value is -1.67. The number of aromatic nitrogens is 2. The lowest BCUT2D eigenvalue weighted by Gasteiger charge is -2.45. The molecule has 0 aliphatic carbocycles. The Balaban J connectivity index is 0.00000140. The molecule has 0 saturated carbocycles. The van der Waals surface area contributed by atoms with Gasteiger partial charge in [-0.15, -0.1) is 24.8 Å². The Morgan fingerprint density at radius 2 is 1.93 bits per heavy atom. The maximum Gasteiger partial charge on any atom is 0.339 e. The van der Waals surface area contributed by atoms with E-state index in [1.54, 1.807) is 6.20 Å². The maximum absolute atomic E-state index is 13.4. The van der Waals surface area contributed by atoms with Crippen LogP contribution >= 0.6 is 24.8 Å². The van der Waals surface area contributed by atoms with Crippen molar-refractivity contribution < 1.29 is 19.0 Å². The average molecular weight is 432 g/mol. The average Bonchev–Trinajstić information content (AvgIpc) is 3.20. The van der Waals surface area contributed by atoms with Crippen molar-refractivity contribution >= 4 is 30.8 Å². The van der Waals surface area contributed by atoms with Gasteiger partial charge in [-0.2, -0.15) is 0 Å². The van der Waals surface area contributed by atoms with E-state index in [1.807, 2.05) is 0 Å². The summed E-state index contributed by atoms with van der Waals surface area (Å²) in [4.78, 5) is 19.6. The molecular weight excluding hydrogens is 408 g/mol. The van der Waals surface area contributed by atoms with Gasteiger partial charge in [0.15, 0.2) is 5.54 Å². The number of hydrogen-bond donors (Lipinski definition) is 1. The van der Waals surface area contributed by atoms with Crippen LogP contribution in [0.5, 0.6) is 0 Å². The molecule has 6 nitrogen and oxygen atoms in total. The summed E-state index contributed by atoms with van der Waals surface area (Å²) in [5.74, 6) is -0.586. The number of halogens is 3. The summed E-state index contributed by atoms with van der Waals surface area (Å²) >= 11 is 0. The van der Waals surface area contributed by atoms with Gasteiger partial charge in [-0.25, -0.2) is 14.2 Å². The molecule has 0 unspecified atom stereocenters. The second kappa shape index (κ2) is 9.22. The molecule has 3 aliphatic rings. The molecule has 1 N–H and O–H groups in total. The number of nitrogens with zero attached hydrogens (tertiary/aromatic N) is 3. The number of esters is 1. The van der Waals surface area contributed by atoms with Crippen molar-refractivity contribution in [2.45, 2.75) is 24.5 Å². The van der Waals surface area contributed by atoms with E-state index in [1.165, 1.54) is 41.4 Å². The maximum atomic E-state index is 13.4. The van der Waals surface area contributed by atoms with Gasteiger partial charge in [0, 0.05) is 18.9 Å². The summed E-state index contributed by atoms with van der Waals surface area (Å²) in [6, 6.07) is 5.56. The Labute approximate surface area is 175 Å². The van der Waals surface area contributed by atoms with Gasteiger partial charge >= 0.3 is 5.97 Å². The fourth-order valence-electron chi connectivity index (χ4n) is 4.10. The number of aliphatic hydroxyl groups excluding tert-OH is 1. The Morgan fingerprint density at radius 1 is 1.25 bits per heavy atom. The van der Waals surface area contributed by atoms with Crippen LogP contribution in [0.4, 0.5) is 4.39 Å². The van der Waals surface area contributed by atoms with Crippen LogP contribution in [0, 0.1) is 11.7 Å². The van der Waals surface area contributed by atoms with Crippen molar-refractivity contribution in [2.24, 2.45) is 5.92 Å². The van der Waals surface area contributed by atoms with Crippen LogP contribution in [0.25, 0.3) is 0 Å². The molecule has 4 heterocycles. The van der Waals surface area contributed by atoms with E-state index in [2.05, 4.69) is 9.88 Å². The first-order valence-electron chi connectivity index (χ1n) is 8.92. The zero-order valence-electron chi connectivity index (χ0n) is 15.2. The molecule has 1 aromatic carbocycles. The number of aliphatic hydroxyl groups is 1. The number of ether oxygens (including phenoxy) is 1. The summed E-state index contributed by atoms with van der Waals surface area (Å²) in [6.45, 7) is 2.31. The molecule has 3 saturated heterocycles. The van der Waals surface area contributed by atoms with E-state index in [-0.39, 0.29) is 30.9 Å². The van der Waals surface area contributed by atoms with Gasteiger partial charge in [0.05, 0.1) is 12.9 Å². The van der Waals surface area contributed by atoms with E-state index in [9.17, 15) is 14.3 Å². The predicted octanol–water partition coefficient (Wildman–Crippen LogP) is 2.24. The van der Waals surface area contributed by atoms with E-state index >= 15 is 0 Å². The monoisotopic (exact) mass is 431 g/mol. The fraction of sp³-hybridized carbons (Fsp3) is 0.474. The smallest absolute Gasteiger partial charge is 0.339 e. The normalized spacial score (nSPS) is 25.1. The summed E-state index contributed by atoms with van der Waals surface area (Å²) in [7, 11) is 0. The largest absolute Gasteiger partial charge is 0.459 e. The molecule has 9 heteroatoms. The molecular formula is C19H24Cl2FN3O3. The quantitative estimate of drug-likeness (QED) is 0.735. The third-order valence-electron chi connectivity index (χ3n) is 5.69. The highest BCUT2D eigenvalue weighted by Crippen LogP contribution is 2.33. The molecule has 0 radical (unpaired) electrons. The third-order valence-corrected chi connectivity index (χ3v) is 5.69. The highest BCUT2D eigenvalue weighted by atomic mass is 35.5. The molecule has 2 atom stereocenters. The highest BCUT2D eigenvalue weighted by molar-refractivity contribution is 5.85. The minimum Gasteiger partial charge on any atom is -0.459 e. The Bertz CT molecular complexity index is 767. The van der Waals surface area contributed by atoms with Crippen LogP contribution in [0.2, 0.25) is 0 Å². The van der Waals surface area contributed by atoms with Crippen LogP contribution in [0.15, 0.2) is 43.0 Å². The fourth-order valence-corrected chi connectivity index (χ4v) is 4.10. The van der Waals surface area contributed by atoms with Crippen LogP contribution in [0.1, 0.15) is 18.4 Å². The number of imidazole rings is 1. The lowest BCUT2D eigenvalue weighted by Crippen LogP contribution is -2.55. The minimum absolute atomic E-state index is 0. The Morgan fingerprint density at radius 3 is 2.43 bits per heavy atom. The zero-order chi connectivity index (χ0) is 18.1. The number of carbonyl (C=O) groups excluding carboxylic acids is 1. The highest BCUT2D eigenvalue weighted by Gasteiger charge is 2.46. The van der Waals surface area contributed by atoms with Gasteiger partial charge in [-0.05, 0) is 49.5 Å². The van der Waals surface area contributed by atoms with E-state index in [0.29, 0.717) is 11.5 Å². The van der Waals surface area contributed by atoms with Gasteiger partial charge in [0.1, 0.15) is 11.9 Å². The molecule has 154 valence electrons. The zero-order valence-corrected chi connectivity index (χ0v) is 16.9. The topological polar surface area (TPSA) is 67.6 Å². The van der Waals surface area contributed by atoms with Crippen molar-refractivity contribution in [3.8, 4) is 0 Å². The second-order valence-corrected chi connectivity index (χ2v) is 7.08. The van der Waals surface area contributed by atoms with E-state index in [4.69, 9.17) is 4.74 Å². The van der Waals surface area contributed by atoms with Crippen molar-refractivity contribution in [3.05, 3.63) is 54.4 Å². The van der Waals surface area contributed by atoms with Crippen LogP contribution in [-0.2, 0) is 15.1 Å². The summed E-state index contributed by atoms with van der Waals surface area (Å²) in [5.41, 5.74) is -1.01. The van der Waals surface area contributed by atoms with E-state index < -0.39 is 23.9 Å². The third kappa shape index (κ3) is 3.89. The van der Waals surface area contributed by atoms with Crippen molar-refractivity contribution in [1.82, 2.24) is 14.5 Å². The molecule has 2 aromatic rings. The second-order valence-electron chi connectivity index (χ2n) is 7.08. The molecule has 1 aromatic heterocycles. The number of benzene rings is 1. The lowest BCUT2D eigenvalue weighted by atomic mass is 9.85. The molecule has 2 bridgehead atoms. The van der Waals surface area contributed by atoms with Gasteiger partial charge in [0.25, 0.3) is 0 Å².